The summed E-state index contributed by atoms with van der Waals surface area (Å²) in [5.74, 6) is 1.72. The van der Waals surface area contributed by atoms with Crippen molar-refractivity contribution >= 4 is 11.8 Å². The van der Waals surface area contributed by atoms with Gasteiger partial charge in [0.05, 0.1) is 0 Å². The monoisotopic (exact) mass is 441 g/mol. The van der Waals surface area contributed by atoms with Gasteiger partial charge in [-0.25, -0.2) is 19.2 Å². The summed E-state index contributed by atoms with van der Waals surface area (Å²) >= 11 is 0. The predicted octanol–water partition coefficient (Wildman–Crippen LogP) is 4.66. The van der Waals surface area contributed by atoms with Crippen LogP contribution in [0.1, 0.15) is 69.6 Å². The number of rotatable bonds is 5. The van der Waals surface area contributed by atoms with Gasteiger partial charge in [0, 0.05) is 55.3 Å². The molecule has 6 nitrogen and oxygen atoms in total. The third kappa shape index (κ3) is 5.75. The fourth-order valence-electron chi connectivity index (χ4n) is 3.83. The van der Waals surface area contributed by atoms with Crippen LogP contribution in [0.15, 0.2) is 24.3 Å². The van der Waals surface area contributed by atoms with E-state index in [1.807, 2.05) is 44.7 Å². The summed E-state index contributed by atoms with van der Waals surface area (Å²) in [6, 6.07) is 6.83. The second-order valence-electron chi connectivity index (χ2n) is 9.70. The molecule has 1 fully saturated rings. The van der Waals surface area contributed by atoms with Crippen LogP contribution in [-0.2, 0) is 6.42 Å². The first kappa shape index (κ1) is 24.0. The molecule has 1 aliphatic rings. The van der Waals surface area contributed by atoms with E-state index in [-0.39, 0.29) is 23.3 Å². The van der Waals surface area contributed by atoms with Gasteiger partial charge < -0.3 is 15.1 Å². The zero-order valence-electron chi connectivity index (χ0n) is 20.2. The number of halogens is 1. The Bertz CT molecular complexity index is 948. The average molecular weight is 442 g/mol. The van der Waals surface area contributed by atoms with Crippen molar-refractivity contribution < 1.29 is 9.18 Å². The molecule has 2 amide bonds. The van der Waals surface area contributed by atoms with Crippen LogP contribution in [-0.4, -0.2) is 52.6 Å². The fourth-order valence-corrected chi connectivity index (χ4v) is 3.83. The molecule has 0 radical (unpaired) electrons. The highest BCUT2D eigenvalue weighted by Gasteiger charge is 2.27. The van der Waals surface area contributed by atoms with Crippen molar-refractivity contribution in [2.24, 2.45) is 0 Å². The number of amides is 2. The predicted molar refractivity (Wildman–Crippen MR) is 127 cm³/mol. The molecule has 1 aliphatic heterocycles. The maximum Gasteiger partial charge on any atom is 0.317 e. The van der Waals surface area contributed by atoms with Gasteiger partial charge in [0.2, 0.25) is 0 Å². The fraction of sp³-hybridized carbons (Fsp3) is 0.560. The first-order valence-electron chi connectivity index (χ1n) is 11.5. The average Bonchev–Trinajstić information content (AvgIpc) is 2.74. The van der Waals surface area contributed by atoms with E-state index in [2.05, 4.69) is 24.1 Å². The molecule has 0 saturated carbocycles. The Kier molecular flexibility index (Phi) is 7.36. The van der Waals surface area contributed by atoms with Crippen LogP contribution < -0.4 is 10.2 Å². The molecule has 0 spiro atoms. The summed E-state index contributed by atoms with van der Waals surface area (Å²) in [5, 5.41) is 3.04. The molecule has 1 atom stereocenters. The number of hydrogen-bond acceptors (Lipinski definition) is 4. The lowest BCUT2D eigenvalue weighted by Crippen LogP contribution is -2.55. The Hall–Kier alpha value is -2.70. The topological polar surface area (TPSA) is 61.4 Å². The second-order valence-corrected chi connectivity index (χ2v) is 9.70. The van der Waals surface area contributed by atoms with Crippen LogP contribution in [0.2, 0.25) is 0 Å². The van der Waals surface area contributed by atoms with Gasteiger partial charge in [-0.05, 0) is 45.7 Å². The number of hydrogen-bond donors (Lipinski definition) is 1. The summed E-state index contributed by atoms with van der Waals surface area (Å²) in [4.78, 5) is 26.4. The maximum absolute atomic E-state index is 14.4. The van der Waals surface area contributed by atoms with Crippen molar-refractivity contribution in [3.63, 3.8) is 0 Å². The summed E-state index contributed by atoms with van der Waals surface area (Å²) in [5.41, 5.74) is 2.21. The van der Waals surface area contributed by atoms with Crippen molar-refractivity contribution in [2.75, 3.05) is 31.1 Å². The molecule has 2 aromatic rings. The summed E-state index contributed by atoms with van der Waals surface area (Å²) in [7, 11) is 0. The molecule has 0 bridgehead atoms. The van der Waals surface area contributed by atoms with Gasteiger partial charge in [-0.15, -0.1) is 0 Å². The Balaban J connectivity index is 1.88. The summed E-state index contributed by atoms with van der Waals surface area (Å²) in [6.45, 7) is 14.8. The van der Waals surface area contributed by atoms with E-state index in [0.717, 1.165) is 29.3 Å². The maximum atomic E-state index is 14.4. The van der Waals surface area contributed by atoms with Gasteiger partial charge in [0.1, 0.15) is 17.5 Å². The minimum absolute atomic E-state index is 0.0390. The first-order valence-corrected chi connectivity index (χ1v) is 11.5. The molecule has 1 aromatic carbocycles. The van der Waals surface area contributed by atoms with Gasteiger partial charge in [-0.1, -0.05) is 32.0 Å². The standard InChI is InChI=1S/C25H36FN5O/c1-7-17(2)22-27-18(3)20(16-19-10-8-9-11-21(19)26)23(28-22)30-12-14-31(15-13-30)24(32)29-25(4,5)6/h8-11,17H,7,12-16H2,1-6H3,(H,29,32)/t17-/m0/s1. The van der Waals surface area contributed by atoms with E-state index in [1.165, 1.54) is 6.07 Å². The van der Waals surface area contributed by atoms with Crippen molar-refractivity contribution in [3.8, 4) is 0 Å². The molecule has 0 unspecified atom stereocenters. The molecule has 2 heterocycles. The summed E-state index contributed by atoms with van der Waals surface area (Å²) in [6.07, 6.45) is 1.39. The van der Waals surface area contributed by atoms with E-state index in [1.54, 1.807) is 6.07 Å². The highest BCUT2D eigenvalue weighted by molar-refractivity contribution is 5.75. The van der Waals surface area contributed by atoms with Gasteiger partial charge >= 0.3 is 6.03 Å². The Morgan fingerprint density at radius 1 is 1.16 bits per heavy atom. The lowest BCUT2D eigenvalue weighted by atomic mass is 10.0. The van der Waals surface area contributed by atoms with Crippen molar-refractivity contribution in [2.45, 2.75) is 65.8 Å². The lowest BCUT2D eigenvalue weighted by molar-refractivity contribution is 0.185. The largest absolute Gasteiger partial charge is 0.353 e. The quantitative estimate of drug-likeness (QED) is 0.733. The zero-order valence-corrected chi connectivity index (χ0v) is 20.2. The molecule has 0 aliphatic carbocycles. The SMILES string of the molecule is CC[C@H](C)c1nc(C)c(Cc2ccccc2F)c(N2CCN(C(=O)NC(C)(C)C)CC2)n1. The van der Waals surface area contributed by atoms with Gasteiger partial charge in [-0.3, -0.25) is 0 Å². The first-order chi connectivity index (χ1) is 15.1. The highest BCUT2D eigenvalue weighted by atomic mass is 19.1. The van der Waals surface area contributed by atoms with Gasteiger partial charge in [-0.2, -0.15) is 0 Å². The Morgan fingerprint density at radius 2 is 1.81 bits per heavy atom. The number of aryl methyl sites for hydroxylation is 1. The molecule has 7 heteroatoms. The Morgan fingerprint density at radius 3 is 2.41 bits per heavy atom. The third-order valence-corrected chi connectivity index (χ3v) is 5.94. The van der Waals surface area contributed by atoms with Crippen molar-refractivity contribution in [3.05, 3.63) is 52.7 Å². The summed E-state index contributed by atoms with van der Waals surface area (Å²) < 4.78 is 14.4. The number of aromatic nitrogens is 2. The normalized spacial score (nSPS) is 15.6. The molecule has 1 N–H and O–H groups in total. The number of urea groups is 1. The van der Waals surface area contributed by atoms with Crippen LogP contribution >= 0.6 is 0 Å². The Labute approximate surface area is 191 Å². The van der Waals surface area contributed by atoms with E-state index >= 15 is 0 Å². The van der Waals surface area contributed by atoms with Crippen molar-refractivity contribution in [1.82, 2.24) is 20.2 Å². The smallest absolute Gasteiger partial charge is 0.317 e. The van der Waals surface area contributed by atoms with E-state index < -0.39 is 0 Å². The van der Waals surface area contributed by atoms with E-state index in [9.17, 15) is 9.18 Å². The number of anilines is 1. The molecule has 1 saturated heterocycles. The van der Waals surface area contributed by atoms with Gasteiger partial charge in [0.15, 0.2) is 0 Å². The highest BCUT2D eigenvalue weighted by Crippen LogP contribution is 2.28. The molecule has 3 rings (SSSR count). The number of nitrogens with zero attached hydrogens (tertiary/aromatic N) is 4. The van der Waals surface area contributed by atoms with Crippen molar-refractivity contribution in [1.29, 1.82) is 0 Å². The van der Waals surface area contributed by atoms with Crippen LogP contribution in [0.4, 0.5) is 15.0 Å². The number of piperazine rings is 1. The van der Waals surface area contributed by atoms with Gasteiger partial charge in [0.25, 0.3) is 0 Å². The zero-order chi connectivity index (χ0) is 23.5. The molecule has 1 aromatic heterocycles. The van der Waals surface area contributed by atoms with Crippen LogP contribution in [0.3, 0.4) is 0 Å². The van der Waals surface area contributed by atoms with E-state index in [0.29, 0.717) is 38.2 Å². The molecular formula is C25H36FN5O. The van der Waals surface area contributed by atoms with Crippen LogP contribution in [0.5, 0.6) is 0 Å². The molecule has 32 heavy (non-hydrogen) atoms. The number of carbonyl (C=O) groups excluding carboxylic acids is 1. The number of carbonyl (C=O) groups is 1. The van der Waals surface area contributed by atoms with Crippen LogP contribution in [0.25, 0.3) is 0 Å². The minimum Gasteiger partial charge on any atom is -0.353 e. The lowest BCUT2D eigenvalue weighted by Gasteiger charge is -2.38. The molecule has 174 valence electrons. The number of benzene rings is 1. The van der Waals surface area contributed by atoms with Crippen LogP contribution in [0, 0.1) is 12.7 Å². The number of nitrogens with one attached hydrogen (secondary N) is 1. The third-order valence-electron chi connectivity index (χ3n) is 5.94. The second kappa shape index (κ2) is 9.84. The van der Waals surface area contributed by atoms with E-state index in [4.69, 9.17) is 9.97 Å². The molecular weight excluding hydrogens is 405 g/mol. The minimum atomic E-state index is -0.268.